The molecule has 0 bridgehead atoms. The first-order valence-electron chi connectivity index (χ1n) is 10.4. The summed E-state index contributed by atoms with van der Waals surface area (Å²) < 4.78 is 55.2. The van der Waals surface area contributed by atoms with Gasteiger partial charge in [0.1, 0.15) is 10.0 Å². The lowest BCUT2D eigenvalue weighted by atomic mass is 9.97. The van der Waals surface area contributed by atoms with Crippen molar-refractivity contribution in [1.29, 1.82) is 0 Å². The molecule has 0 saturated carbocycles. The molecule has 1 aliphatic heterocycles. The van der Waals surface area contributed by atoms with Crippen LogP contribution in [0.2, 0.25) is 0 Å². The van der Waals surface area contributed by atoms with E-state index in [0.717, 1.165) is 4.57 Å². The average molecular weight is 483 g/mol. The third-order valence-corrected chi connectivity index (χ3v) is 9.03. The number of carbonyl (C=O) groups excluding carboxylic acids is 1. The predicted octanol–water partition coefficient (Wildman–Crippen LogP) is 3.81. The highest BCUT2D eigenvalue weighted by Crippen LogP contribution is 2.28. The molecule has 3 heterocycles. The van der Waals surface area contributed by atoms with E-state index in [0.29, 0.717) is 28.1 Å². The van der Waals surface area contributed by atoms with Crippen molar-refractivity contribution in [3.63, 3.8) is 0 Å². The Labute approximate surface area is 189 Å². The number of alkyl halides is 2. The smallest absolute Gasteiger partial charge is 0.320 e. The number of carbonyl (C=O) groups is 1. The van der Waals surface area contributed by atoms with Crippen LogP contribution in [0.25, 0.3) is 11.0 Å². The fraction of sp³-hybridized carbons (Fsp3) is 0.429. The van der Waals surface area contributed by atoms with Gasteiger partial charge in [0.15, 0.2) is 0 Å². The van der Waals surface area contributed by atoms with Gasteiger partial charge in [-0.05, 0) is 36.4 Å². The summed E-state index contributed by atoms with van der Waals surface area (Å²) in [5.41, 5.74) is 0.843. The van der Waals surface area contributed by atoms with E-state index in [-0.39, 0.29) is 37.3 Å². The zero-order valence-electron chi connectivity index (χ0n) is 17.4. The number of hydrogen-bond donors (Lipinski definition) is 1. The fourth-order valence-corrected chi connectivity index (χ4v) is 6.62. The molecule has 0 aliphatic carbocycles. The first kappa shape index (κ1) is 22.8. The second-order valence-electron chi connectivity index (χ2n) is 7.86. The zero-order valence-corrected chi connectivity index (χ0v) is 19.1. The van der Waals surface area contributed by atoms with Crippen LogP contribution in [0.15, 0.2) is 46.0 Å². The van der Waals surface area contributed by atoms with Crippen LogP contribution in [0.1, 0.15) is 38.1 Å². The molecule has 7 nitrogen and oxygen atoms in total. The van der Waals surface area contributed by atoms with Crippen molar-refractivity contribution in [2.75, 3.05) is 19.6 Å². The maximum absolute atomic E-state index is 13.7. The van der Waals surface area contributed by atoms with Crippen LogP contribution in [0.4, 0.5) is 8.78 Å². The number of nitrogens with zero attached hydrogens (tertiary/aromatic N) is 3. The summed E-state index contributed by atoms with van der Waals surface area (Å²) in [6, 6.07) is 9.98. The van der Waals surface area contributed by atoms with Crippen LogP contribution in [0, 0.1) is 5.92 Å². The second kappa shape index (κ2) is 9.24. The van der Waals surface area contributed by atoms with Crippen molar-refractivity contribution in [1.82, 2.24) is 19.2 Å². The van der Waals surface area contributed by atoms with Gasteiger partial charge in [0.25, 0.3) is 10.0 Å². The Bertz CT molecular complexity index is 1190. The number of nitrogens with one attached hydrogen (secondary N) is 1. The van der Waals surface area contributed by atoms with Gasteiger partial charge in [0, 0.05) is 31.5 Å². The van der Waals surface area contributed by atoms with E-state index >= 15 is 0 Å². The Kier molecular flexibility index (Phi) is 6.59. The monoisotopic (exact) mass is 482 g/mol. The van der Waals surface area contributed by atoms with Crippen LogP contribution in [-0.4, -0.2) is 47.8 Å². The number of halogens is 2. The van der Waals surface area contributed by atoms with Gasteiger partial charge < -0.3 is 5.32 Å². The Morgan fingerprint density at radius 3 is 2.59 bits per heavy atom. The van der Waals surface area contributed by atoms with Gasteiger partial charge in [0.05, 0.1) is 11.0 Å². The molecule has 1 amide bonds. The number of piperidine rings is 1. The maximum Gasteiger partial charge on any atom is 0.320 e. The third kappa shape index (κ3) is 4.41. The minimum atomic E-state index is -3.52. The van der Waals surface area contributed by atoms with Crippen molar-refractivity contribution >= 4 is 38.3 Å². The first-order chi connectivity index (χ1) is 15.3. The Balaban J connectivity index is 1.36. The van der Waals surface area contributed by atoms with Crippen molar-refractivity contribution in [2.24, 2.45) is 5.92 Å². The quantitative estimate of drug-likeness (QED) is 0.555. The number of benzene rings is 1. The third-order valence-electron chi connectivity index (χ3n) is 5.76. The lowest BCUT2D eigenvalue weighted by Gasteiger charge is -2.30. The maximum atomic E-state index is 13.7. The molecule has 2 aromatic heterocycles. The lowest BCUT2D eigenvalue weighted by Crippen LogP contribution is -2.43. The van der Waals surface area contributed by atoms with Gasteiger partial charge in [0.2, 0.25) is 5.91 Å². The van der Waals surface area contributed by atoms with Crippen molar-refractivity contribution in [3.05, 3.63) is 47.6 Å². The van der Waals surface area contributed by atoms with E-state index in [9.17, 15) is 22.0 Å². The van der Waals surface area contributed by atoms with Crippen LogP contribution >= 0.6 is 11.3 Å². The SMILES string of the molecule is CC(CNC(=O)C1CCN(S(=O)(=O)c2cccs2)CC1)c1nc2ccccc2n1C(F)F. The Morgan fingerprint density at radius 1 is 1.22 bits per heavy atom. The summed E-state index contributed by atoms with van der Waals surface area (Å²) in [5.74, 6) is -0.700. The zero-order chi connectivity index (χ0) is 22.9. The van der Waals surface area contributed by atoms with Crippen molar-refractivity contribution in [2.45, 2.75) is 36.4 Å². The molecule has 1 atom stereocenters. The number of aromatic nitrogens is 2. The molecule has 172 valence electrons. The average Bonchev–Trinajstić information content (AvgIpc) is 3.46. The van der Waals surface area contributed by atoms with E-state index < -0.39 is 22.5 Å². The summed E-state index contributed by atoms with van der Waals surface area (Å²) in [7, 11) is -3.52. The number of amides is 1. The summed E-state index contributed by atoms with van der Waals surface area (Å²) in [6.45, 7) is -0.270. The molecule has 1 aromatic carbocycles. The molecule has 32 heavy (non-hydrogen) atoms. The number of sulfonamides is 1. The molecule has 0 radical (unpaired) electrons. The van der Waals surface area contributed by atoms with Gasteiger partial charge in [-0.1, -0.05) is 25.1 Å². The van der Waals surface area contributed by atoms with Crippen LogP contribution in [0.3, 0.4) is 0 Å². The predicted molar refractivity (Wildman–Crippen MR) is 118 cm³/mol. The fourth-order valence-electron chi connectivity index (χ4n) is 4.00. The number of fused-ring (bicyclic) bond motifs is 1. The van der Waals surface area contributed by atoms with E-state index in [1.54, 1.807) is 48.7 Å². The summed E-state index contributed by atoms with van der Waals surface area (Å²) >= 11 is 1.17. The standard InChI is InChI=1S/C21H24F2N4O3S2/c1-14(19-25-16-5-2-3-6-17(16)27(19)21(22)23)13-24-20(28)15-8-10-26(11-9-15)32(29,30)18-7-4-12-31-18/h2-7,12,14-15,21H,8-11,13H2,1H3,(H,24,28). The van der Waals surface area contributed by atoms with Crippen LogP contribution < -0.4 is 5.32 Å². The highest BCUT2D eigenvalue weighted by atomic mass is 32.2. The molecule has 4 rings (SSSR count). The Hall–Kier alpha value is -2.37. The second-order valence-corrected chi connectivity index (χ2v) is 11.0. The number of para-hydroxylation sites is 2. The summed E-state index contributed by atoms with van der Waals surface area (Å²) in [4.78, 5) is 17.0. The molecule has 1 unspecified atom stereocenters. The summed E-state index contributed by atoms with van der Waals surface area (Å²) in [6.07, 6.45) is 0.834. The molecule has 1 N–H and O–H groups in total. The number of thiophene rings is 1. The molecule has 1 fully saturated rings. The number of hydrogen-bond acceptors (Lipinski definition) is 5. The largest absolute Gasteiger partial charge is 0.355 e. The lowest BCUT2D eigenvalue weighted by molar-refractivity contribution is -0.126. The van der Waals surface area contributed by atoms with E-state index in [1.165, 1.54) is 15.6 Å². The number of rotatable bonds is 7. The number of imidazole rings is 1. The molecular formula is C21H24F2N4O3S2. The van der Waals surface area contributed by atoms with E-state index in [4.69, 9.17) is 0 Å². The first-order valence-corrected chi connectivity index (χ1v) is 12.7. The van der Waals surface area contributed by atoms with Crippen LogP contribution in [-0.2, 0) is 14.8 Å². The van der Waals surface area contributed by atoms with E-state index in [1.807, 2.05) is 0 Å². The topological polar surface area (TPSA) is 84.3 Å². The molecule has 3 aromatic rings. The minimum absolute atomic E-state index is 0.169. The van der Waals surface area contributed by atoms with Crippen LogP contribution in [0.5, 0.6) is 0 Å². The van der Waals surface area contributed by atoms with Gasteiger partial charge >= 0.3 is 6.55 Å². The van der Waals surface area contributed by atoms with Crippen molar-refractivity contribution < 1.29 is 22.0 Å². The van der Waals surface area contributed by atoms with Gasteiger partial charge in [-0.25, -0.2) is 13.4 Å². The highest BCUT2D eigenvalue weighted by molar-refractivity contribution is 7.91. The van der Waals surface area contributed by atoms with Gasteiger partial charge in [-0.3, -0.25) is 9.36 Å². The molecule has 0 spiro atoms. The van der Waals surface area contributed by atoms with Gasteiger partial charge in [-0.15, -0.1) is 11.3 Å². The van der Waals surface area contributed by atoms with Crippen molar-refractivity contribution in [3.8, 4) is 0 Å². The normalized spacial score (nSPS) is 17.1. The molecule has 11 heteroatoms. The Morgan fingerprint density at radius 2 is 1.94 bits per heavy atom. The molecule has 1 aliphatic rings. The highest BCUT2D eigenvalue weighted by Gasteiger charge is 2.33. The van der Waals surface area contributed by atoms with E-state index in [2.05, 4.69) is 10.3 Å². The molecular weight excluding hydrogens is 458 g/mol. The minimum Gasteiger partial charge on any atom is -0.355 e. The van der Waals surface area contributed by atoms with Gasteiger partial charge in [-0.2, -0.15) is 13.1 Å². The molecule has 1 saturated heterocycles. The summed E-state index contributed by atoms with van der Waals surface area (Å²) in [5, 5.41) is 4.56.